The Labute approximate surface area is 230 Å². The zero-order valence-corrected chi connectivity index (χ0v) is 22.1. The van der Waals surface area contributed by atoms with Gasteiger partial charge in [0.2, 0.25) is 5.95 Å². The topological polar surface area (TPSA) is 112 Å². The highest BCUT2D eigenvalue weighted by Crippen LogP contribution is 2.51. The maximum Gasteiger partial charge on any atom is 0.228 e. The van der Waals surface area contributed by atoms with Crippen LogP contribution in [0, 0.1) is 16.7 Å². The SMILES string of the molecule is [2H]n1cc(-c2ccc3nn(C)c(Cl)c3c2Cl)c2c(C#N)nc(N3CCC4(CC3)Cc3ccccc3[C@H]4N)nc21. The van der Waals surface area contributed by atoms with Gasteiger partial charge in [0.1, 0.15) is 16.9 Å². The molecule has 7 rings (SSSR count). The summed E-state index contributed by atoms with van der Waals surface area (Å²) < 4.78 is 10.2. The van der Waals surface area contributed by atoms with Crippen LogP contribution in [0.1, 0.15) is 35.7 Å². The number of aromatic amines is 1. The van der Waals surface area contributed by atoms with E-state index in [1.165, 1.54) is 16.1 Å². The lowest BCUT2D eigenvalue weighted by molar-refractivity contribution is 0.187. The molecule has 38 heavy (non-hydrogen) atoms. The molecule has 1 aliphatic carbocycles. The van der Waals surface area contributed by atoms with E-state index in [1.807, 2.05) is 12.1 Å². The average Bonchev–Trinajstić information content (AvgIpc) is 3.53. The van der Waals surface area contributed by atoms with E-state index in [2.05, 4.69) is 45.3 Å². The van der Waals surface area contributed by atoms with Gasteiger partial charge in [-0.1, -0.05) is 53.5 Å². The number of aromatic nitrogens is 5. The normalized spacial score (nSPS) is 18.8. The molecule has 4 heterocycles. The second kappa shape index (κ2) is 8.43. The number of rotatable bonds is 2. The second-order valence-electron chi connectivity index (χ2n) is 10.3. The molecule has 1 atom stereocenters. The maximum atomic E-state index is 10.1. The van der Waals surface area contributed by atoms with Gasteiger partial charge >= 0.3 is 0 Å². The molecule has 190 valence electrons. The molecule has 2 aromatic carbocycles. The first-order chi connectivity index (χ1) is 18.8. The maximum absolute atomic E-state index is 10.1. The molecule has 0 bridgehead atoms. The van der Waals surface area contributed by atoms with Gasteiger partial charge in [-0.05, 0) is 41.9 Å². The Balaban J connectivity index is 1.26. The molecular weight excluding hydrogens is 519 g/mol. The van der Waals surface area contributed by atoms with Gasteiger partial charge in [-0.15, -0.1) is 0 Å². The van der Waals surface area contributed by atoms with Crippen molar-refractivity contribution < 1.29 is 1.41 Å². The van der Waals surface area contributed by atoms with Crippen molar-refractivity contribution in [2.24, 2.45) is 18.2 Å². The number of hydrogen-bond acceptors (Lipinski definition) is 6. The highest BCUT2D eigenvalue weighted by atomic mass is 35.5. The van der Waals surface area contributed by atoms with Gasteiger partial charge in [-0.2, -0.15) is 15.3 Å². The molecule has 1 aliphatic heterocycles. The van der Waals surface area contributed by atoms with Crippen molar-refractivity contribution in [3.05, 3.63) is 69.6 Å². The van der Waals surface area contributed by atoms with Crippen molar-refractivity contribution in [2.45, 2.75) is 25.3 Å². The van der Waals surface area contributed by atoms with E-state index in [1.54, 1.807) is 17.9 Å². The third kappa shape index (κ3) is 3.29. The summed E-state index contributed by atoms with van der Waals surface area (Å²) in [4.78, 5) is 12.7. The number of anilines is 1. The summed E-state index contributed by atoms with van der Waals surface area (Å²) in [5.74, 6) is 0.452. The van der Waals surface area contributed by atoms with Gasteiger partial charge < -0.3 is 15.6 Å². The van der Waals surface area contributed by atoms with Crippen LogP contribution >= 0.6 is 23.2 Å². The molecule has 10 heteroatoms. The number of benzene rings is 2. The van der Waals surface area contributed by atoms with Crippen molar-refractivity contribution in [1.82, 2.24) is 24.7 Å². The Morgan fingerprint density at radius 2 is 1.92 bits per heavy atom. The van der Waals surface area contributed by atoms with Crippen LogP contribution in [0.3, 0.4) is 0 Å². The van der Waals surface area contributed by atoms with E-state index in [9.17, 15) is 5.26 Å². The van der Waals surface area contributed by atoms with Crippen molar-refractivity contribution in [3.63, 3.8) is 0 Å². The van der Waals surface area contributed by atoms with Crippen LogP contribution in [0.5, 0.6) is 0 Å². The summed E-state index contributed by atoms with van der Waals surface area (Å²) in [6, 6.07) is 14.3. The van der Waals surface area contributed by atoms with E-state index in [0.29, 0.717) is 49.2 Å². The number of H-pyrrole nitrogens is 1. The molecule has 0 amide bonds. The number of aryl methyl sites for hydroxylation is 1. The number of piperidine rings is 1. The quantitative estimate of drug-likeness (QED) is 0.302. The van der Waals surface area contributed by atoms with Gasteiger partial charge in [0.05, 0.1) is 21.3 Å². The van der Waals surface area contributed by atoms with Crippen LogP contribution in [-0.4, -0.2) is 37.8 Å². The van der Waals surface area contributed by atoms with Crippen molar-refractivity contribution in [3.8, 4) is 17.2 Å². The van der Waals surface area contributed by atoms with Crippen molar-refractivity contribution in [2.75, 3.05) is 18.0 Å². The summed E-state index contributed by atoms with van der Waals surface area (Å²) in [6.45, 7) is 1.46. The van der Waals surface area contributed by atoms with E-state index >= 15 is 0 Å². The minimum Gasteiger partial charge on any atom is -0.345 e. The first kappa shape index (κ1) is 22.4. The third-order valence-electron chi connectivity index (χ3n) is 8.36. The number of nitriles is 1. The predicted molar refractivity (Wildman–Crippen MR) is 149 cm³/mol. The Bertz CT molecular complexity index is 1840. The monoisotopic (exact) mass is 543 g/mol. The van der Waals surface area contributed by atoms with E-state index in [0.717, 1.165) is 32.4 Å². The van der Waals surface area contributed by atoms with Crippen molar-refractivity contribution in [1.29, 1.82) is 5.26 Å². The standard InChI is InChI=1S/C28H24Cl2N8/c1-37-25(30)22-19(36-37)7-6-17(23(22)29)18-14-33-26-21(18)20(13-31)34-27(35-26)38-10-8-28(9-11-38)12-15-4-2-3-5-16(15)24(28)32/h2-7,14,24H,8-12,32H2,1H3,(H,33,34,35)/t24-/m1/s1/i/hD. The number of hydrogen-bond donors (Lipinski definition) is 2. The Kier molecular flexibility index (Phi) is 4.96. The summed E-state index contributed by atoms with van der Waals surface area (Å²) in [6.07, 6.45) is 4.40. The summed E-state index contributed by atoms with van der Waals surface area (Å²) in [7, 11) is 1.75. The zero-order chi connectivity index (χ0) is 27.1. The Morgan fingerprint density at radius 1 is 1.13 bits per heavy atom. The molecule has 3 aromatic heterocycles. The lowest BCUT2D eigenvalue weighted by atomic mass is 9.73. The molecule has 5 aromatic rings. The number of fused-ring (bicyclic) bond motifs is 3. The first-order valence-corrected chi connectivity index (χ1v) is 13.3. The van der Waals surface area contributed by atoms with Crippen LogP contribution < -0.4 is 10.6 Å². The van der Waals surface area contributed by atoms with Gasteiger partial charge in [0, 0.05) is 43.5 Å². The average molecular weight is 544 g/mol. The molecule has 1 fully saturated rings. The first-order valence-electron chi connectivity index (χ1n) is 13.0. The van der Waals surface area contributed by atoms with E-state index in [-0.39, 0.29) is 17.2 Å². The largest absolute Gasteiger partial charge is 0.345 e. The molecule has 8 nitrogen and oxygen atoms in total. The highest BCUT2D eigenvalue weighted by molar-refractivity contribution is 6.43. The number of nitrogens with zero attached hydrogens (tertiary/aromatic N) is 6. The fraction of sp³-hybridized carbons (Fsp3) is 0.286. The molecule has 0 radical (unpaired) electrons. The molecule has 1 spiro atoms. The molecule has 0 unspecified atom stereocenters. The molecular formula is C28H24Cl2N8. The number of halogens is 2. The van der Waals surface area contributed by atoms with Crippen LogP contribution in [0.15, 0.2) is 42.6 Å². The van der Waals surface area contributed by atoms with Crippen LogP contribution in [0.4, 0.5) is 5.95 Å². The lowest BCUT2D eigenvalue weighted by Crippen LogP contribution is -2.45. The smallest absolute Gasteiger partial charge is 0.228 e. The fourth-order valence-electron chi connectivity index (χ4n) is 6.27. The second-order valence-corrected chi connectivity index (χ2v) is 11.0. The summed E-state index contributed by atoms with van der Waals surface area (Å²) in [5.41, 5.74) is 11.8. The summed E-state index contributed by atoms with van der Waals surface area (Å²) in [5, 5.41) is 16.4. The van der Waals surface area contributed by atoms with E-state index in [4.69, 9.17) is 35.3 Å². The van der Waals surface area contributed by atoms with Gasteiger partial charge in [0.25, 0.3) is 0 Å². The molecule has 1 saturated heterocycles. The zero-order valence-electron chi connectivity index (χ0n) is 21.6. The predicted octanol–water partition coefficient (Wildman–Crippen LogP) is 5.53. The number of nitrogens with two attached hydrogens (primary N) is 1. The van der Waals surface area contributed by atoms with Crippen LogP contribution in [0.25, 0.3) is 33.1 Å². The van der Waals surface area contributed by atoms with Crippen LogP contribution in [-0.2, 0) is 13.5 Å². The van der Waals surface area contributed by atoms with Gasteiger partial charge in [0.15, 0.2) is 7.11 Å². The molecule has 0 saturated carbocycles. The number of nitrogens with one attached hydrogen (secondary N) is 1. The van der Waals surface area contributed by atoms with Gasteiger partial charge in [-0.3, -0.25) is 4.68 Å². The lowest BCUT2D eigenvalue weighted by Gasteiger charge is -2.42. The van der Waals surface area contributed by atoms with Gasteiger partial charge in [-0.25, -0.2) is 4.98 Å². The van der Waals surface area contributed by atoms with E-state index < -0.39 is 0 Å². The fourth-order valence-corrected chi connectivity index (χ4v) is 6.90. The van der Waals surface area contributed by atoms with Crippen molar-refractivity contribution >= 4 is 51.1 Å². The summed E-state index contributed by atoms with van der Waals surface area (Å²) >= 11 is 13.3. The Morgan fingerprint density at radius 3 is 2.68 bits per heavy atom. The minimum atomic E-state index is 0.0114. The third-order valence-corrected chi connectivity index (χ3v) is 9.19. The Hall–Kier alpha value is -3.64. The minimum absolute atomic E-state index is 0.0114. The van der Waals surface area contributed by atoms with Crippen LogP contribution in [0.2, 0.25) is 11.6 Å². The molecule has 2 aliphatic rings. The molecule has 3 N–H and O–H groups in total. The highest BCUT2D eigenvalue weighted by Gasteiger charge is 2.46.